The first kappa shape index (κ1) is 11.8. The van der Waals surface area contributed by atoms with Crippen LogP contribution in [0.3, 0.4) is 0 Å². The van der Waals surface area contributed by atoms with E-state index in [4.69, 9.17) is 0 Å². The maximum Gasteiger partial charge on any atom is 0.183 e. The summed E-state index contributed by atoms with van der Waals surface area (Å²) >= 11 is 0. The summed E-state index contributed by atoms with van der Waals surface area (Å²) in [5, 5.41) is -1.21. The monoisotopic (exact) mass is 230 g/mol. The van der Waals surface area contributed by atoms with Gasteiger partial charge in [-0.3, -0.25) is 4.79 Å². The molecule has 0 saturated carbocycles. The number of carbonyl (C=O) groups is 1. The zero-order valence-corrected chi connectivity index (χ0v) is 9.21. The zero-order valence-electron chi connectivity index (χ0n) is 8.40. The Morgan fingerprint density at radius 1 is 1.33 bits per heavy atom. The number of hydrogen-bond acceptors (Lipinski definition) is 3. The van der Waals surface area contributed by atoms with E-state index in [1.165, 1.54) is 25.1 Å². The molecule has 3 nitrogen and oxygen atoms in total. The summed E-state index contributed by atoms with van der Waals surface area (Å²) in [5.74, 6) is -1.41. The average Bonchev–Trinajstić information content (AvgIpc) is 2.15. The summed E-state index contributed by atoms with van der Waals surface area (Å²) < 4.78 is 35.4. The van der Waals surface area contributed by atoms with Crippen molar-refractivity contribution in [1.82, 2.24) is 0 Å². The van der Waals surface area contributed by atoms with E-state index in [0.29, 0.717) is 0 Å². The van der Waals surface area contributed by atoms with Gasteiger partial charge in [0.05, 0.1) is 5.56 Å². The van der Waals surface area contributed by atoms with Crippen molar-refractivity contribution in [3.05, 3.63) is 35.6 Å². The van der Waals surface area contributed by atoms with Crippen LogP contribution in [0.25, 0.3) is 0 Å². The van der Waals surface area contributed by atoms with Gasteiger partial charge in [-0.15, -0.1) is 0 Å². The van der Waals surface area contributed by atoms with Gasteiger partial charge in [-0.1, -0.05) is 12.1 Å². The Morgan fingerprint density at radius 2 is 1.87 bits per heavy atom. The molecule has 0 aliphatic rings. The molecule has 0 aliphatic carbocycles. The topological polar surface area (TPSA) is 51.2 Å². The van der Waals surface area contributed by atoms with Gasteiger partial charge in [0.15, 0.2) is 15.6 Å². The van der Waals surface area contributed by atoms with Gasteiger partial charge >= 0.3 is 0 Å². The first-order valence-corrected chi connectivity index (χ1v) is 6.27. The van der Waals surface area contributed by atoms with Crippen molar-refractivity contribution < 1.29 is 17.6 Å². The molecule has 0 radical (unpaired) electrons. The van der Waals surface area contributed by atoms with E-state index < -0.39 is 26.7 Å². The molecule has 0 fully saturated rings. The molecule has 0 saturated heterocycles. The number of halogens is 1. The van der Waals surface area contributed by atoms with Gasteiger partial charge < -0.3 is 0 Å². The second-order valence-corrected chi connectivity index (χ2v) is 5.68. The summed E-state index contributed by atoms with van der Waals surface area (Å²) in [5.41, 5.74) is -0.185. The number of Topliss-reactive ketones (excluding diaryl/α,β-unsaturated/α-hetero) is 1. The minimum atomic E-state index is -3.48. The van der Waals surface area contributed by atoms with E-state index in [1.54, 1.807) is 0 Å². The van der Waals surface area contributed by atoms with E-state index in [0.717, 1.165) is 12.3 Å². The van der Waals surface area contributed by atoms with Crippen molar-refractivity contribution in [2.45, 2.75) is 12.2 Å². The van der Waals surface area contributed by atoms with Crippen LogP contribution in [0.1, 0.15) is 17.3 Å². The maximum absolute atomic E-state index is 13.2. The maximum atomic E-state index is 13.2. The predicted octanol–water partition coefficient (Wildman–Crippen LogP) is 1.44. The zero-order chi connectivity index (χ0) is 11.6. The van der Waals surface area contributed by atoms with Gasteiger partial charge in [-0.05, 0) is 19.1 Å². The van der Waals surface area contributed by atoms with Crippen LogP contribution in [0.2, 0.25) is 0 Å². The van der Waals surface area contributed by atoms with Crippen LogP contribution in [0.5, 0.6) is 0 Å². The molecule has 0 spiro atoms. The second kappa shape index (κ2) is 4.10. The normalized spacial score (nSPS) is 13.5. The van der Waals surface area contributed by atoms with E-state index >= 15 is 0 Å². The van der Waals surface area contributed by atoms with Gasteiger partial charge in [0, 0.05) is 6.26 Å². The lowest BCUT2D eigenvalue weighted by Gasteiger charge is -2.08. The highest BCUT2D eigenvalue weighted by Crippen LogP contribution is 2.12. The minimum Gasteiger partial charge on any atom is -0.293 e. The number of rotatable bonds is 3. The molecule has 0 heterocycles. The van der Waals surface area contributed by atoms with Crippen LogP contribution in [0.4, 0.5) is 4.39 Å². The van der Waals surface area contributed by atoms with Crippen molar-refractivity contribution >= 4 is 15.6 Å². The molecule has 0 unspecified atom stereocenters. The molecular formula is C10H11FO3S. The lowest BCUT2D eigenvalue weighted by molar-refractivity contribution is 0.0988. The second-order valence-electron chi connectivity index (χ2n) is 3.32. The fourth-order valence-electron chi connectivity index (χ4n) is 1.07. The first-order chi connectivity index (χ1) is 6.84. The lowest BCUT2D eigenvalue weighted by atomic mass is 10.1. The predicted molar refractivity (Wildman–Crippen MR) is 55.0 cm³/mol. The molecule has 0 aromatic heterocycles. The van der Waals surface area contributed by atoms with E-state index in [9.17, 15) is 17.6 Å². The van der Waals surface area contributed by atoms with Crippen molar-refractivity contribution in [2.24, 2.45) is 0 Å². The molecule has 1 atom stereocenters. The van der Waals surface area contributed by atoms with E-state index in [2.05, 4.69) is 0 Å². The number of carbonyl (C=O) groups excluding carboxylic acids is 1. The van der Waals surface area contributed by atoms with Crippen molar-refractivity contribution in [3.63, 3.8) is 0 Å². The van der Waals surface area contributed by atoms with Gasteiger partial charge in [-0.2, -0.15) is 0 Å². The van der Waals surface area contributed by atoms with E-state index in [1.807, 2.05) is 0 Å². The molecule has 1 aromatic rings. The highest BCUT2D eigenvalue weighted by Gasteiger charge is 2.26. The summed E-state index contributed by atoms with van der Waals surface area (Å²) in [6.07, 6.45) is 0.955. The quantitative estimate of drug-likeness (QED) is 0.738. The van der Waals surface area contributed by atoms with Crippen LogP contribution in [0.15, 0.2) is 24.3 Å². The Bertz CT molecular complexity index is 479. The largest absolute Gasteiger partial charge is 0.293 e. The molecule has 1 rings (SSSR count). The third-order valence-electron chi connectivity index (χ3n) is 2.15. The molecule has 0 bridgehead atoms. The SMILES string of the molecule is C[C@H](C(=O)c1ccccc1F)S(C)(=O)=O. The molecule has 0 N–H and O–H groups in total. The molecule has 0 amide bonds. The highest BCUT2D eigenvalue weighted by molar-refractivity contribution is 7.92. The lowest BCUT2D eigenvalue weighted by Crippen LogP contribution is -2.27. The molecule has 0 aliphatic heterocycles. The Kier molecular flexibility index (Phi) is 3.24. The van der Waals surface area contributed by atoms with Crippen LogP contribution < -0.4 is 0 Å². The molecule has 82 valence electrons. The number of sulfone groups is 1. The van der Waals surface area contributed by atoms with Crippen LogP contribution >= 0.6 is 0 Å². The molecule has 5 heteroatoms. The van der Waals surface area contributed by atoms with Gasteiger partial charge in [0.2, 0.25) is 0 Å². The van der Waals surface area contributed by atoms with E-state index in [-0.39, 0.29) is 5.56 Å². The van der Waals surface area contributed by atoms with Crippen LogP contribution in [0, 0.1) is 5.82 Å². The molecule has 1 aromatic carbocycles. The number of hydrogen-bond donors (Lipinski definition) is 0. The Balaban J connectivity index is 3.12. The average molecular weight is 230 g/mol. The standard InChI is InChI=1S/C10H11FO3S/c1-7(15(2,13)14)10(12)8-5-3-4-6-9(8)11/h3-7H,1-2H3/t7-/m1/s1. The highest BCUT2D eigenvalue weighted by atomic mass is 32.2. The summed E-state index contributed by atoms with van der Waals surface area (Å²) in [6.45, 7) is 1.25. The van der Waals surface area contributed by atoms with Gasteiger partial charge in [-0.25, -0.2) is 12.8 Å². The Labute approximate surface area is 87.8 Å². The number of benzene rings is 1. The van der Waals surface area contributed by atoms with Gasteiger partial charge in [0.25, 0.3) is 0 Å². The minimum absolute atomic E-state index is 0.185. The summed E-state index contributed by atoms with van der Waals surface area (Å²) in [4.78, 5) is 11.6. The van der Waals surface area contributed by atoms with Crippen molar-refractivity contribution in [1.29, 1.82) is 0 Å². The fourth-order valence-corrected chi connectivity index (χ4v) is 1.59. The molecular weight excluding hydrogens is 219 g/mol. The first-order valence-electron chi connectivity index (χ1n) is 4.31. The fraction of sp³-hybridized carbons (Fsp3) is 0.300. The van der Waals surface area contributed by atoms with Crippen LogP contribution in [-0.4, -0.2) is 25.7 Å². The third kappa shape index (κ3) is 2.62. The smallest absolute Gasteiger partial charge is 0.183 e. The summed E-state index contributed by atoms with van der Waals surface area (Å²) in [6, 6.07) is 5.34. The number of ketones is 1. The van der Waals surface area contributed by atoms with Crippen LogP contribution in [-0.2, 0) is 9.84 Å². The van der Waals surface area contributed by atoms with Crippen molar-refractivity contribution in [2.75, 3.05) is 6.26 Å². The Morgan fingerprint density at radius 3 is 2.33 bits per heavy atom. The Hall–Kier alpha value is -1.23. The molecule has 15 heavy (non-hydrogen) atoms. The van der Waals surface area contributed by atoms with Gasteiger partial charge in [0.1, 0.15) is 11.1 Å². The third-order valence-corrected chi connectivity index (χ3v) is 3.65. The van der Waals surface area contributed by atoms with Crippen molar-refractivity contribution in [3.8, 4) is 0 Å². The summed E-state index contributed by atoms with van der Waals surface area (Å²) in [7, 11) is -3.48.